The van der Waals surface area contributed by atoms with Gasteiger partial charge in [-0.15, -0.1) is 0 Å². The highest BCUT2D eigenvalue weighted by molar-refractivity contribution is 9.10. The van der Waals surface area contributed by atoms with Crippen LogP contribution in [0.4, 0.5) is 5.82 Å². The average Bonchev–Trinajstić information content (AvgIpc) is 2.40. The van der Waals surface area contributed by atoms with Crippen LogP contribution in [0.25, 0.3) is 0 Å². The van der Waals surface area contributed by atoms with E-state index in [1.165, 1.54) is 4.31 Å². The topological polar surface area (TPSA) is 62.3 Å². The number of nitrogens with one attached hydrogen (secondary N) is 1. The van der Waals surface area contributed by atoms with Crippen molar-refractivity contribution >= 4 is 31.8 Å². The number of pyridine rings is 1. The third-order valence-corrected chi connectivity index (χ3v) is 5.39. The molecule has 20 heavy (non-hydrogen) atoms. The van der Waals surface area contributed by atoms with Crippen molar-refractivity contribution in [2.75, 3.05) is 25.5 Å². The van der Waals surface area contributed by atoms with Crippen molar-refractivity contribution in [2.24, 2.45) is 5.92 Å². The molecule has 0 saturated carbocycles. The van der Waals surface area contributed by atoms with Crippen molar-refractivity contribution in [3.63, 3.8) is 0 Å². The molecule has 5 nitrogen and oxygen atoms in total. The van der Waals surface area contributed by atoms with Gasteiger partial charge in [-0.3, -0.25) is 0 Å². The quantitative estimate of drug-likeness (QED) is 0.808. The van der Waals surface area contributed by atoms with Crippen LogP contribution in [0.5, 0.6) is 0 Å². The zero-order valence-corrected chi connectivity index (χ0v) is 14.8. The summed E-state index contributed by atoms with van der Waals surface area (Å²) in [4.78, 5) is 4.36. The molecule has 0 aliphatic carbocycles. The van der Waals surface area contributed by atoms with Gasteiger partial charge in [0, 0.05) is 30.8 Å². The normalized spacial score (nSPS) is 13.5. The number of aromatic nitrogens is 1. The van der Waals surface area contributed by atoms with Gasteiger partial charge in [-0.1, -0.05) is 20.3 Å². The Bertz CT molecular complexity index is 549. The van der Waals surface area contributed by atoms with Crippen LogP contribution in [0, 0.1) is 5.92 Å². The van der Waals surface area contributed by atoms with E-state index in [0.29, 0.717) is 29.3 Å². The Balaban J connectivity index is 3.16. The molecule has 0 fully saturated rings. The molecule has 0 saturated heterocycles. The molecule has 1 unspecified atom stereocenters. The first kappa shape index (κ1) is 17.4. The van der Waals surface area contributed by atoms with Gasteiger partial charge in [0.05, 0.1) is 0 Å². The number of rotatable bonds is 7. The Labute approximate surface area is 130 Å². The summed E-state index contributed by atoms with van der Waals surface area (Å²) in [6, 6.07) is 1.59. The van der Waals surface area contributed by atoms with Crippen molar-refractivity contribution in [1.82, 2.24) is 9.29 Å². The first-order valence-electron chi connectivity index (χ1n) is 6.68. The van der Waals surface area contributed by atoms with Crippen LogP contribution in [0.2, 0.25) is 0 Å². The van der Waals surface area contributed by atoms with E-state index in [1.54, 1.807) is 19.3 Å². The lowest BCUT2D eigenvalue weighted by Gasteiger charge is -2.21. The molecular weight excluding hydrogens is 342 g/mol. The molecule has 0 bridgehead atoms. The van der Waals surface area contributed by atoms with E-state index in [4.69, 9.17) is 0 Å². The molecule has 0 aliphatic heterocycles. The van der Waals surface area contributed by atoms with Crippen LogP contribution in [0.15, 0.2) is 21.6 Å². The minimum atomic E-state index is -3.54. The Kier molecular flexibility index (Phi) is 6.42. The van der Waals surface area contributed by atoms with Crippen molar-refractivity contribution in [3.8, 4) is 0 Å². The Morgan fingerprint density at radius 1 is 1.45 bits per heavy atom. The summed E-state index contributed by atoms with van der Waals surface area (Å²) < 4.78 is 27.4. The summed E-state index contributed by atoms with van der Waals surface area (Å²) in [5, 5.41) is 2.99. The van der Waals surface area contributed by atoms with Gasteiger partial charge in [0.25, 0.3) is 0 Å². The van der Waals surface area contributed by atoms with Crippen molar-refractivity contribution < 1.29 is 8.42 Å². The molecule has 1 N–H and O–H groups in total. The molecule has 1 atom stereocenters. The van der Waals surface area contributed by atoms with Crippen LogP contribution in [-0.4, -0.2) is 37.8 Å². The number of hydrogen-bond acceptors (Lipinski definition) is 4. The minimum absolute atomic E-state index is 0.208. The zero-order valence-electron chi connectivity index (χ0n) is 12.4. The maximum Gasteiger partial charge on any atom is 0.246 e. The SMILES string of the molecule is CCNc1ncc(Br)cc1S(=O)(=O)N(C)CC(C)CC. The van der Waals surface area contributed by atoms with Gasteiger partial charge in [0.1, 0.15) is 10.7 Å². The number of hydrogen-bond donors (Lipinski definition) is 1. The van der Waals surface area contributed by atoms with Gasteiger partial charge in [-0.25, -0.2) is 17.7 Å². The molecule has 0 aliphatic rings. The summed E-state index contributed by atoms with van der Waals surface area (Å²) in [5.41, 5.74) is 0. The summed E-state index contributed by atoms with van der Waals surface area (Å²) in [7, 11) is -1.93. The lowest BCUT2D eigenvalue weighted by Crippen LogP contribution is -2.31. The number of sulfonamides is 1. The van der Waals surface area contributed by atoms with Gasteiger partial charge in [0.2, 0.25) is 10.0 Å². The third-order valence-electron chi connectivity index (χ3n) is 3.12. The Morgan fingerprint density at radius 2 is 2.10 bits per heavy atom. The summed E-state index contributed by atoms with van der Waals surface area (Å²) >= 11 is 3.28. The molecule has 1 aromatic rings. The molecule has 1 rings (SSSR count). The summed E-state index contributed by atoms with van der Waals surface area (Å²) in [5.74, 6) is 0.712. The first-order valence-corrected chi connectivity index (χ1v) is 8.91. The largest absolute Gasteiger partial charge is 0.369 e. The van der Waals surface area contributed by atoms with E-state index in [2.05, 4.69) is 33.2 Å². The molecule has 0 aromatic carbocycles. The number of halogens is 1. The lowest BCUT2D eigenvalue weighted by atomic mass is 10.1. The van der Waals surface area contributed by atoms with Crippen LogP contribution >= 0.6 is 15.9 Å². The van der Waals surface area contributed by atoms with Crippen molar-refractivity contribution in [1.29, 1.82) is 0 Å². The standard InChI is InChI=1S/C13H22BrN3O2S/c1-5-10(3)9-17(4)20(18,19)12-7-11(14)8-16-13(12)15-6-2/h7-8,10H,5-6,9H2,1-4H3,(H,15,16). The summed E-state index contributed by atoms with van der Waals surface area (Å²) in [6.07, 6.45) is 2.53. The summed E-state index contributed by atoms with van der Waals surface area (Å²) in [6.45, 7) is 7.11. The van der Waals surface area contributed by atoms with Crippen LogP contribution < -0.4 is 5.32 Å². The molecule has 1 heterocycles. The smallest absolute Gasteiger partial charge is 0.246 e. The molecular formula is C13H22BrN3O2S. The van der Waals surface area contributed by atoms with Crippen molar-refractivity contribution in [3.05, 3.63) is 16.7 Å². The highest BCUT2D eigenvalue weighted by Crippen LogP contribution is 2.26. The van der Waals surface area contributed by atoms with Gasteiger partial charge in [-0.2, -0.15) is 0 Å². The maximum atomic E-state index is 12.7. The van der Waals surface area contributed by atoms with E-state index in [9.17, 15) is 8.42 Å². The van der Waals surface area contributed by atoms with E-state index in [0.717, 1.165) is 6.42 Å². The van der Waals surface area contributed by atoms with Gasteiger partial charge in [-0.05, 0) is 34.8 Å². The highest BCUT2D eigenvalue weighted by atomic mass is 79.9. The fraction of sp³-hybridized carbons (Fsp3) is 0.615. The third kappa shape index (κ3) is 4.17. The predicted molar refractivity (Wildman–Crippen MR) is 85.4 cm³/mol. The highest BCUT2D eigenvalue weighted by Gasteiger charge is 2.26. The minimum Gasteiger partial charge on any atom is -0.369 e. The zero-order chi connectivity index (χ0) is 15.3. The Morgan fingerprint density at radius 3 is 2.65 bits per heavy atom. The van der Waals surface area contributed by atoms with E-state index >= 15 is 0 Å². The number of nitrogens with zero attached hydrogens (tertiary/aromatic N) is 2. The predicted octanol–water partition coefficient (Wildman–Crippen LogP) is 2.94. The van der Waals surface area contributed by atoms with E-state index in [1.807, 2.05) is 13.8 Å². The van der Waals surface area contributed by atoms with E-state index in [-0.39, 0.29) is 4.90 Å². The maximum absolute atomic E-state index is 12.7. The second kappa shape index (κ2) is 7.38. The molecule has 0 amide bonds. The van der Waals surface area contributed by atoms with Crippen LogP contribution in [0.1, 0.15) is 27.2 Å². The molecule has 1 aromatic heterocycles. The average molecular weight is 364 g/mol. The van der Waals surface area contributed by atoms with Crippen LogP contribution in [0.3, 0.4) is 0 Å². The molecule has 0 spiro atoms. The Hall–Kier alpha value is -0.660. The van der Waals surface area contributed by atoms with E-state index < -0.39 is 10.0 Å². The fourth-order valence-electron chi connectivity index (χ4n) is 1.75. The lowest BCUT2D eigenvalue weighted by molar-refractivity contribution is 0.393. The fourth-order valence-corrected chi connectivity index (χ4v) is 3.67. The second-order valence-corrected chi connectivity index (χ2v) is 7.76. The number of anilines is 1. The first-order chi connectivity index (χ1) is 9.32. The molecule has 7 heteroatoms. The molecule has 0 radical (unpaired) electrons. The monoisotopic (exact) mass is 363 g/mol. The second-order valence-electron chi connectivity index (χ2n) is 4.83. The molecule has 114 valence electrons. The van der Waals surface area contributed by atoms with Gasteiger partial charge in [0.15, 0.2) is 0 Å². The van der Waals surface area contributed by atoms with Gasteiger partial charge < -0.3 is 5.32 Å². The van der Waals surface area contributed by atoms with Crippen molar-refractivity contribution in [2.45, 2.75) is 32.1 Å². The van der Waals surface area contributed by atoms with Gasteiger partial charge >= 0.3 is 0 Å². The van der Waals surface area contributed by atoms with Crippen LogP contribution in [-0.2, 0) is 10.0 Å².